The SMILES string of the molecule is CC(Oc1ccc(CC(OCc2ccc(F)cc2)C(=O)O)cc1)c1nc2ccc(Sc3cc(C(C)(C)C)c(O)c(C(C)(C)C)c3)cc2[nH]1. The molecule has 0 aliphatic heterocycles. The van der Waals surface area contributed by atoms with E-state index in [1.54, 1.807) is 36.0 Å². The van der Waals surface area contributed by atoms with Crippen LogP contribution in [0.25, 0.3) is 11.0 Å². The number of hydrogen-bond donors (Lipinski definition) is 3. The Balaban J connectivity index is 1.25. The summed E-state index contributed by atoms with van der Waals surface area (Å²) < 4.78 is 25.0. The van der Waals surface area contributed by atoms with Crippen LogP contribution in [-0.2, 0) is 33.4 Å². The fourth-order valence-electron chi connectivity index (χ4n) is 5.38. The van der Waals surface area contributed by atoms with E-state index < -0.39 is 12.1 Å². The third kappa shape index (κ3) is 8.57. The molecule has 0 fully saturated rings. The second-order valence-electron chi connectivity index (χ2n) is 14.1. The van der Waals surface area contributed by atoms with Crippen LogP contribution in [0, 0.1) is 5.82 Å². The first-order valence-corrected chi connectivity index (χ1v) is 16.8. The van der Waals surface area contributed by atoms with Crippen molar-refractivity contribution in [3.8, 4) is 11.5 Å². The minimum absolute atomic E-state index is 0.0702. The van der Waals surface area contributed by atoms with E-state index in [1.807, 2.05) is 25.1 Å². The first-order valence-electron chi connectivity index (χ1n) is 16.0. The number of ether oxygens (including phenoxy) is 2. The highest BCUT2D eigenvalue weighted by Gasteiger charge is 2.27. The molecule has 9 heteroatoms. The standard InChI is InChI=1S/C39H43FN2O5S/c1-23(47-27-14-10-24(11-15-27)18-34(37(44)45)46-22-25-8-12-26(40)13-9-25)36-41-32-17-16-28(21-33(32)42-36)48-29-19-30(38(2,3)4)35(43)31(20-29)39(5,6)7/h8-17,19-21,23,34,43H,18,22H2,1-7H3,(H,41,42)(H,44,45). The Labute approximate surface area is 285 Å². The summed E-state index contributed by atoms with van der Waals surface area (Å²) in [5.74, 6) is 0.258. The van der Waals surface area contributed by atoms with Crippen molar-refractivity contribution in [1.29, 1.82) is 0 Å². The lowest BCUT2D eigenvalue weighted by molar-refractivity contribution is -0.151. The number of hydrogen-bond acceptors (Lipinski definition) is 6. The van der Waals surface area contributed by atoms with Crippen molar-refractivity contribution in [3.05, 3.63) is 113 Å². The lowest BCUT2D eigenvalue weighted by Gasteiger charge is -2.28. The van der Waals surface area contributed by atoms with Crippen LogP contribution in [0.3, 0.4) is 0 Å². The number of carboxylic acid groups (broad SMARTS) is 1. The summed E-state index contributed by atoms with van der Waals surface area (Å²) in [6.45, 7) is 14.7. The Bertz CT molecular complexity index is 1850. The molecular weight excluding hydrogens is 628 g/mol. The van der Waals surface area contributed by atoms with Crippen molar-refractivity contribution in [2.75, 3.05) is 0 Å². The molecule has 5 rings (SSSR count). The van der Waals surface area contributed by atoms with Gasteiger partial charge in [0.15, 0.2) is 12.2 Å². The van der Waals surface area contributed by atoms with E-state index in [9.17, 15) is 19.4 Å². The number of fused-ring (bicyclic) bond motifs is 1. The molecule has 48 heavy (non-hydrogen) atoms. The van der Waals surface area contributed by atoms with E-state index in [0.29, 0.717) is 22.9 Å². The highest BCUT2D eigenvalue weighted by Crippen LogP contribution is 2.43. The molecule has 0 saturated carbocycles. The zero-order valence-corrected chi connectivity index (χ0v) is 29.2. The molecular formula is C39H43FN2O5S. The number of carboxylic acids is 1. The van der Waals surface area contributed by atoms with Crippen LogP contribution in [0.2, 0.25) is 0 Å². The quantitative estimate of drug-likeness (QED) is 0.129. The number of carbonyl (C=O) groups is 1. The van der Waals surface area contributed by atoms with Crippen LogP contribution in [0.4, 0.5) is 4.39 Å². The molecule has 0 saturated heterocycles. The average Bonchev–Trinajstić information content (AvgIpc) is 3.44. The summed E-state index contributed by atoms with van der Waals surface area (Å²) in [6.07, 6.45) is -1.24. The molecule has 0 aliphatic rings. The van der Waals surface area contributed by atoms with Gasteiger partial charge in [0.05, 0.1) is 17.6 Å². The van der Waals surface area contributed by atoms with Gasteiger partial charge in [0.2, 0.25) is 0 Å². The van der Waals surface area contributed by atoms with Gasteiger partial charge in [-0.15, -0.1) is 0 Å². The number of aromatic hydroxyl groups is 1. The summed E-state index contributed by atoms with van der Waals surface area (Å²) in [5, 5.41) is 20.8. The first kappa shape index (κ1) is 35.0. The van der Waals surface area contributed by atoms with Crippen LogP contribution in [-0.4, -0.2) is 32.3 Å². The number of benzene rings is 4. The topological polar surface area (TPSA) is 105 Å². The second-order valence-corrected chi connectivity index (χ2v) is 15.3. The fourth-order valence-corrected chi connectivity index (χ4v) is 6.32. The van der Waals surface area contributed by atoms with E-state index >= 15 is 0 Å². The molecule has 0 radical (unpaired) electrons. The maximum atomic E-state index is 13.2. The molecule has 0 aliphatic carbocycles. The summed E-state index contributed by atoms with van der Waals surface area (Å²) in [4.78, 5) is 22.1. The molecule has 4 aromatic carbocycles. The average molecular weight is 671 g/mol. The molecule has 1 aromatic heterocycles. The largest absolute Gasteiger partial charge is 0.507 e. The maximum Gasteiger partial charge on any atom is 0.333 e. The number of nitrogens with one attached hydrogen (secondary N) is 1. The number of aliphatic carboxylic acids is 1. The molecule has 0 bridgehead atoms. The van der Waals surface area contributed by atoms with Gasteiger partial charge in [-0.3, -0.25) is 0 Å². The summed E-state index contributed by atoms with van der Waals surface area (Å²) in [7, 11) is 0. The second kappa shape index (κ2) is 14.0. The van der Waals surface area contributed by atoms with Gasteiger partial charge in [-0.1, -0.05) is 77.6 Å². The molecule has 252 valence electrons. The molecule has 0 spiro atoms. The predicted molar refractivity (Wildman–Crippen MR) is 188 cm³/mol. The number of imidazole rings is 1. The molecule has 1 heterocycles. The monoisotopic (exact) mass is 670 g/mol. The number of phenols is 1. The van der Waals surface area contributed by atoms with Crippen LogP contribution in [0.15, 0.2) is 88.7 Å². The van der Waals surface area contributed by atoms with Crippen LogP contribution in [0.5, 0.6) is 11.5 Å². The number of phenolic OH excluding ortho intramolecular Hbond substituents is 1. The lowest BCUT2D eigenvalue weighted by atomic mass is 9.79. The molecule has 2 atom stereocenters. The molecule has 3 N–H and O–H groups in total. The van der Waals surface area contributed by atoms with Crippen LogP contribution < -0.4 is 4.74 Å². The third-order valence-electron chi connectivity index (χ3n) is 8.09. The fraction of sp³-hybridized carbons (Fsp3) is 0.333. The highest BCUT2D eigenvalue weighted by molar-refractivity contribution is 7.99. The minimum atomic E-state index is -1.06. The Hall–Kier alpha value is -4.34. The zero-order chi connectivity index (χ0) is 34.8. The summed E-state index contributed by atoms with van der Waals surface area (Å²) in [6, 6.07) is 23.3. The van der Waals surface area contributed by atoms with Gasteiger partial charge in [0.1, 0.15) is 23.1 Å². The zero-order valence-electron chi connectivity index (χ0n) is 28.4. The predicted octanol–water partition coefficient (Wildman–Crippen LogP) is 9.51. The Kier molecular flexibility index (Phi) is 10.2. The van der Waals surface area contributed by atoms with Crippen molar-refractivity contribution in [3.63, 3.8) is 0 Å². The van der Waals surface area contributed by atoms with Crippen molar-refractivity contribution in [2.24, 2.45) is 0 Å². The third-order valence-corrected chi connectivity index (χ3v) is 9.05. The molecule has 5 aromatic rings. The van der Waals surface area contributed by atoms with Gasteiger partial charge in [-0.05, 0) is 83.5 Å². The Morgan fingerprint density at radius 2 is 1.48 bits per heavy atom. The summed E-state index contributed by atoms with van der Waals surface area (Å²) >= 11 is 1.65. The van der Waals surface area contributed by atoms with Crippen molar-refractivity contribution in [2.45, 2.75) is 94.3 Å². The van der Waals surface area contributed by atoms with E-state index in [0.717, 1.165) is 37.5 Å². The number of aromatic nitrogens is 2. The van der Waals surface area contributed by atoms with Gasteiger partial charge in [-0.25, -0.2) is 14.2 Å². The van der Waals surface area contributed by atoms with Gasteiger partial charge < -0.3 is 24.7 Å². The van der Waals surface area contributed by atoms with E-state index in [2.05, 4.69) is 70.8 Å². The normalized spacial score (nSPS) is 13.4. The smallest absolute Gasteiger partial charge is 0.333 e. The summed E-state index contributed by atoms with van der Waals surface area (Å²) in [5.41, 5.74) is 4.65. The molecule has 7 nitrogen and oxygen atoms in total. The van der Waals surface area contributed by atoms with Gasteiger partial charge >= 0.3 is 5.97 Å². The lowest BCUT2D eigenvalue weighted by Crippen LogP contribution is -2.26. The number of nitrogens with zero attached hydrogens (tertiary/aromatic N) is 1. The van der Waals surface area contributed by atoms with Gasteiger partial charge in [-0.2, -0.15) is 0 Å². The molecule has 0 amide bonds. The number of halogens is 1. The number of H-pyrrole nitrogens is 1. The van der Waals surface area contributed by atoms with Crippen molar-refractivity contribution >= 4 is 28.8 Å². The first-order chi connectivity index (χ1) is 22.6. The Morgan fingerprint density at radius 3 is 2.06 bits per heavy atom. The van der Waals surface area contributed by atoms with Crippen LogP contribution in [0.1, 0.15) is 82.6 Å². The number of rotatable bonds is 11. The highest BCUT2D eigenvalue weighted by atomic mass is 32.2. The van der Waals surface area contributed by atoms with Crippen molar-refractivity contribution in [1.82, 2.24) is 9.97 Å². The van der Waals surface area contributed by atoms with E-state index in [-0.39, 0.29) is 35.8 Å². The van der Waals surface area contributed by atoms with Crippen molar-refractivity contribution < 1.29 is 28.9 Å². The van der Waals surface area contributed by atoms with Gasteiger partial charge in [0.25, 0.3) is 0 Å². The van der Waals surface area contributed by atoms with E-state index in [4.69, 9.17) is 14.5 Å². The van der Waals surface area contributed by atoms with Crippen LogP contribution >= 0.6 is 11.8 Å². The minimum Gasteiger partial charge on any atom is -0.507 e. The van der Waals surface area contributed by atoms with Gasteiger partial charge in [0, 0.05) is 27.3 Å². The molecule has 2 unspecified atom stereocenters. The maximum absolute atomic E-state index is 13.2. The van der Waals surface area contributed by atoms with E-state index in [1.165, 1.54) is 12.1 Å². The number of aromatic amines is 1. The Morgan fingerprint density at radius 1 is 0.875 bits per heavy atom.